The lowest BCUT2D eigenvalue weighted by Gasteiger charge is -1.93. The summed E-state index contributed by atoms with van der Waals surface area (Å²) in [7, 11) is 0. The van der Waals surface area contributed by atoms with Gasteiger partial charge in [0.1, 0.15) is 11.2 Å². The number of aryl methyl sites for hydroxylation is 2. The molecule has 0 saturated carbocycles. The van der Waals surface area contributed by atoms with Crippen molar-refractivity contribution in [3.05, 3.63) is 35.8 Å². The molecule has 0 aliphatic rings. The van der Waals surface area contributed by atoms with E-state index in [-0.39, 0.29) is 0 Å². The standard InChI is InChI=1S/C12H10O2/c1-7-5-13-9-3-4-10-12(11(7)9)8(2)6-14-10/h3-6H,1-2H3. The third-order valence-electron chi connectivity index (χ3n) is 2.64. The Morgan fingerprint density at radius 2 is 1.21 bits per heavy atom. The first-order chi connectivity index (χ1) is 6.77. The summed E-state index contributed by atoms with van der Waals surface area (Å²) in [6.45, 7) is 4.11. The van der Waals surface area contributed by atoms with Crippen LogP contribution < -0.4 is 0 Å². The van der Waals surface area contributed by atoms with Gasteiger partial charge in [-0.1, -0.05) is 0 Å². The van der Waals surface area contributed by atoms with Crippen LogP contribution in [-0.2, 0) is 0 Å². The fraction of sp³-hybridized carbons (Fsp3) is 0.167. The van der Waals surface area contributed by atoms with E-state index in [0.29, 0.717) is 0 Å². The van der Waals surface area contributed by atoms with E-state index < -0.39 is 0 Å². The normalized spacial score (nSPS) is 11.6. The molecular formula is C12H10O2. The van der Waals surface area contributed by atoms with Crippen LogP contribution in [0, 0.1) is 13.8 Å². The molecule has 14 heavy (non-hydrogen) atoms. The van der Waals surface area contributed by atoms with Crippen LogP contribution in [0.1, 0.15) is 11.1 Å². The quantitative estimate of drug-likeness (QED) is 0.533. The minimum atomic E-state index is 0.930. The first-order valence-electron chi connectivity index (χ1n) is 4.62. The highest BCUT2D eigenvalue weighted by atomic mass is 16.3. The van der Waals surface area contributed by atoms with Crippen molar-refractivity contribution < 1.29 is 8.83 Å². The first kappa shape index (κ1) is 7.68. The molecule has 0 radical (unpaired) electrons. The lowest BCUT2D eigenvalue weighted by atomic mass is 10.1. The van der Waals surface area contributed by atoms with Crippen LogP contribution in [0.2, 0.25) is 0 Å². The summed E-state index contributed by atoms with van der Waals surface area (Å²) in [5, 5.41) is 2.35. The minimum absolute atomic E-state index is 0.930. The number of fused-ring (bicyclic) bond motifs is 3. The van der Waals surface area contributed by atoms with Crippen LogP contribution in [0.15, 0.2) is 33.5 Å². The second kappa shape index (κ2) is 2.41. The Morgan fingerprint density at radius 1 is 0.786 bits per heavy atom. The molecule has 1 aromatic carbocycles. The van der Waals surface area contributed by atoms with Gasteiger partial charge in [-0.15, -0.1) is 0 Å². The molecule has 0 fully saturated rings. The zero-order chi connectivity index (χ0) is 9.71. The van der Waals surface area contributed by atoms with Crippen molar-refractivity contribution in [1.82, 2.24) is 0 Å². The molecule has 0 saturated heterocycles. The first-order valence-corrected chi connectivity index (χ1v) is 4.62. The summed E-state index contributed by atoms with van der Waals surface area (Å²) in [6.07, 6.45) is 3.58. The van der Waals surface area contributed by atoms with Gasteiger partial charge >= 0.3 is 0 Å². The summed E-state index contributed by atoms with van der Waals surface area (Å²) < 4.78 is 10.9. The lowest BCUT2D eigenvalue weighted by molar-refractivity contribution is 0.608. The van der Waals surface area contributed by atoms with Crippen LogP contribution in [0.5, 0.6) is 0 Å². The lowest BCUT2D eigenvalue weighted by Crippen LogP contribution is -1.73. The van der Waals surface area contributed by atoms with Crippen LogP contribution in [0.25, 0.3) is 21.9 Å². The molecule has 2 nitrogen and oxygen atoms in total. The molecule has 0 aliphatic heterocycles. The molecule has 0 bridgehead atoms. The van der Waals surface area contributed by atoms with Gasteiger partial charge in [0.05, 0.1) is 12.5 Å². The third-order valence-corrected chi connectivity index (χ3v) is 2.64. The fourth-order valence-electron chi connectivity index (χ4n) is 1.97. The van der Waals surface area contributed by atoms with E-state index in [1.165, 1.54) is 10.8 Å². The Morgan fingerprint density at radius 3 is 1.64 bits per heavy atom. The molecule has 0 atom stereocenters. The van der Waals surface area contributed by atoms with Crippen molar-refractivity contribution in [2.75, 3.05) is 0 Å². The largest absolute Gasteiger partial charge is 0.464 e. The molecule has 2 heterocycles. The molecule has 3 rings (SSSR count). The highest BCUT2D eigenvalue weighted by Gasteiger charge is 2.10. The van der Waals surface area contributed by atoms with Crippen molar-refractivity contribution in [2.24, 2.45) is 0 Å². The SMILES string of the molecule is Cc1coc2ccc3occ(C)c3c12. The van der Waals surface area contributed by atoms with Crippen molar-refractivity contribution >= 4 is 21.9 Å². The van der Waals surface area contributed by atoms with Gasteiger partial charge in [0.2, 0.25) is 0 Å². The molecule has 0 spiro atoms. The summed E-state index contributed by atoms with van der Waals surface area (Å²) in [6, 6.07) is 3.90. The van der Waals surface area contributed by atoms with Gasteiger partial charge in [-0.05, 0) is 37.1 Å². The van der Waals surface area contributed by atoms with Crippen LogP contribution >= 0.6 is 0 Å². The number of rotatable bonds is 0. The molecule has 0 amide bonds. The Labute approximate surface area is 81.1 Å². The average molecular weight is 186 g/mol. The number of benzene rings is 1. The Balaban J connectivity index is 2.70. The van der Waals surface area contributed by atoms with Crippen LogP contribution in [-0.4, -0.2) is 0 Å². The van der Waals surface area contributed by atoms with E-state index in [1.807, 2.05) is 12.1 Å². The molecule has 2 heteroatoms. The van der Waals surface area contributed by atoms with Gasteiger partial charge in [-0.2, -0.15) is 0 Å². The summed E-state index contributed by atoms with van der Waals surface area (Å²) in [5.74, 6) is 0. The predicted octanol–water partition coefficient (Wildman–Crippen LogP) is 3.80. The zero-order valence-electron chi connectivity index (χ0n) is 8.13. The summed E-state index contributed by atoms with van der Waals surface area (Å²) >= 11 is 0. The van der Waals surface area contributed by atoms with E-state index in [2.05, 4.69) is 13.8 Å². The minimum Gasteiger partial charge on any atom is -0.464 e. The van der Waals surface area contributed by atoms with E-state index in [1.54, 1.807) is 12.5 Å². The summed E-state index contributed by atoms with van der Waals surface area (Å²) in [4.78, 5) is 0. The van der Waals surface area contributed by atoms with Crippen molar-refractivity contribution in [1.29, 1.82) is 0 Å². The van der Waals surface area contributed by atoms with E-state index in [0.717, 1.165) is 22.3 Å². The van der Waals surface area contributed by atoms with Gasteiger partial charge in [0.15, 0.2) is 0 Å². The number of hydrogen-bond acceptors (Lipinski definition) is 2. The van der Waals surface area contributed by atoms with E-state index in [4.69, 9.17) is 8.83 Å². The molecular weight excluding hydrogens is 176 g/mol. The maximum atomic E-state index is 5.44. The number of hydrogen-bond donors (Lipinski definition) is 0. The smallest absolute Gasteiger partial charge is 0.135 e. The second-order valence-corrected chi connectivity index (χ2v) is 3.65. The maximum absolute atomic E-state index is 5.44. The van der Waals surface area contributed by atoms with Crippen LogP contribution in [0.3, 0.4) is 0 Å². The predicted molar refractivity (Wildman–Crippen MR) is 55.5 cm³/mol. The van der Waals surface area contributed by atoms with Crippen molar-refractivity contribution in [3.8, 4) is 0 Å². The van der Waals surface area contributed by atoms with Gasteiger partial charge in [-0.25, -0.2) is 0 Å². The van der Waals surface area contributed by atoms with E-state index >= 15 is 0 Å². The van der Waals surface area contributed by atoms with Gasteiger partial charge in [0, 0.05) is 10.8 Å². The Hall–Kier alpha value is -1.70. The van der Waals surface area contributed by atoms with Crippen molar-refractivity contribution in [2.45, 2.75) is 13.8 Å². The molecule has 0 aliphatic carbocycles. The molecule has 70 valence electrons. The Kier molecular flexibility index (Phi) is 1.32. The average Bonchev–Trinajstić information content (AvgIpc) is 2.72. The molecule has 0 N–H and O–H groups in total. The molecule has 2 aromatic heterocycles. The zero-order valence-corrected chi connectivity index (χ0v) is 8.13. The van der Waals surface area contributed by atoms with Crippen molar-refractivity contribution in [3.63, 3.8) is 0 Å². The van der Waals surface area contributed by atoms with Gasteiger partial charge in [0.25, 0.3) is 0 Å². The molecule has 0 unspecified atom stereocenters. The second-order valence-electron chi connectivity index (χ2n) is 3.65. The summed E-state index contributed by atoms with van der Waals surface area (Å²) in [5.41, 5.74) is 4.18. The molecule has 3 aromatic rings. The topological polar surface area (TPSA) is 26.3 Å². The van der Waals surface area contributed by atoms with E-state index in [9.17, 15) is 0 Å². The Bertz CT molecular complexity index is 558. The fourth-order valence-corrected chi connectivity index (χ4v) is 1.97. The monoisotopic (exact) mass is 186 g/mol. The number of furan rings is 2. The maximum Gasteiger partial charge on any atom is 0.135 e. The highest BCUT2D eigenvalue weighted by molar-refractivity contribution is 6.07. The van der Waals surface area contributed by atoms with Gasteiger partial charge < -0.3 is 8.83 Å². The third kappa shape index (κ3) is 0.803. The van der Waals surface area contributed by atoms with Gasteiger partial charge in [-0.3, -0.25) is 0 Å². The van der Waals surface area contributed by atoms with Crippen LogP contribution in [0.4, 0.5) is 0 Å². The highest BCUT2D eigenvalue weighted by Crippen LogP contribution is 2.32.